The molecule has 0 heterocycles. The van der Waals surface area contributed by atoms with Gasteiger partial charge >= 0.3 is 0 Å². The summed E-state index contributed by atoms with van der Waals surface area (Å²) in [5.41, 5.74) is 2.14. The molecule has 0 amide bonds. The molecule has 0 unspecified atom stereocenters. The summed E-state index contributed by atoms with van der Waals surface area (Å²) < 4.78 is 33.9. The van der Waals surface area contributed by atoms with E-state index >= 15 is 0 Å². The Kier molecular flexibility index (Phi) is 6.42. The molecule has 152 valence electrons. The maximum Gasteiger partial charge on any atom is 0.264 e. The van der Waals surface area contributed by atoms with Crippen LogP contribution in [0.2, 0.25) is 10.0 Å². The van der Waals surface area contributed by atoms with Crippen molar-refractivity contribution >= 4 is 38.9 Å². The molecule has 29 heavy (non-hydrogen) atoms. The zero-order chi connectivity index (χ0) is 21.2. The van der Waals surface area contributed by atoms with Crippen molar-refractivity contribution in [2.24, 2.45) is 0 Å². The van der Waals surface area contributed by atoms with Gasteiger partial charge in [-0.1, -0.05) is 41.4 Å². The minimum atomic E-state index is -3.90. The highest BCUT2D eigenvalue weighted by Gasteiger charge is 2.31. The number of sulfonamides is 1. The standard InChI is InChI=1S/C22H21Cl2NO3S/c1-15-4-13-21(14-22(15)24)29(26,27)25(19-9-11-20(28-3)12-10-19)16(2)17-5-7-18(23)8-6-17/h4-14,16H,1-3H3/t16-/m0/s1. The first kappa shape index (κ1) is 21.5. The molecule has 0 radical (unpaired) electrons. The second-order valence-corrected chi connectivity index (χ2v) is 9.30. The average molecular weight is 450 g/mol. The molecule has 7 heteroatoms. The number of halogens is 2. The van der Waals surface area contributed by atoms with E-state index < -0.39 is 16.1 Å². The van der Waals surface area contributed by atoms with Crippen LogP contribution in [-0.4, -0.2) is 15.5 Å². The zero-order valence-corrected chi connectivity index (χ0v) is 18.6. The molecule has 3 aromatic carbocycles. The van der Waals surface area contributed by atoms with Crippen LogP contribution < -0.4 is 9.04 Å². The molecular formula is C22H21Cl2NO3S. The van der Waals surface area contributed by atoms with Gasteiger partial charge in [0, 0.05) is 10.0 Å². The van der Waals surface area contributed by atoms with Crippen LogP contribution in [0.5, 0.6) is 5.75 Å². The van der Waals surface area contributed by atoms with Gasteiger partial charge in [-0.2, -0.15) is 0 Å². The first-order valence-corrected chi connectivity index (χ1v) is 11.1. The third kappa shape index (κ3) is 4.53. The summed E-state index contributed by atoms with van der Waals surface area (Å²) in [5, 5.41) is 0.991. The smallest absolute Gasteiger partial charge is 0.264 e. The van der Waals surface area contributed by atoms with Gasteiger partial charge in [0.2, 0.25) is 0 Å². The van der Waals surface area contributed by atoms with Crippen LogP contribution in [0, 0.1) is 6.92 Å². The quantitative estimate of drug-likeness (QED) is 0.445. The second-order valence-electron chi connectivity index (χ2n) is 6.64. The number of hydrogen-bond acceptors (Lipinski definition) is 3. The number of nitrogens with zero attached hydrogens (tertiary/aromatic N) is 1. The van der Waals surface area contributed by atoms with Crippen molar-refractivity contribution in [3.05, 3.63) is 87.9 Å². The summed E-state index contributed by atoms with van der Waals surface area (Å²) in [4.78, 5) is 0.129. The lowest BCUT2D eigenvalue weighted by atomic mass is 10.1. The molecular weight excluding hydrogens is 429 g/mol. The van der Waals surface area contributed by atoms with Crippen LogP contribution in [0.3, 0.4) is 0 Å². The van der Waals surface area contributed by atoms with Crippen molar-refractivity contribution in [3.8, 4) is 5.75 Å². The van der Waals surface area contributed by atoms with E-state index in [1.807, 2.05) is 26.0 Å². The van der Waals surface area contributed by atoms with E-state index in [1.165, 1.54) is 10.4 Å². The average Bonchev–Trinajstić information content (AvgIpc) is 2.71. The minimum Gasteiger partial charge on any atom is -0.497 e. The van der Waals surface area contributed by atoms with Crippen LogP contribution in [0.25, 0.3) is 0 Å². The van der Waals surface area contributed by atoms with Crippen LogP contribution in [0.4, 0.5) is 5.69 Å². The van der Waals surface area contributed by atoms with E-state index in [4.69, 9.17) is 27.9 Å². The largest absolute Gasteiger partial charge is 0.497 e. The van der Waals surface area contributed by atoms with E-state index in [1.54, 1.807) is 55.6 Å². The summed E-state index contributed by atoms with van der Waals surface area (Å²) in [6.07, 6.45) is 0. The Morgan fingerprint density at radius 3 is 2.10 bits per heavy atom. The maximum absolute atomic E-state index is 13.6. The highest BCUT2D eigenvalue weighted by atomic mass is 35.5. The van der Waals surface area contributed by atoms with Crippen molar-refractivity contribution < 1.29 is 13.2 Å². The van der Waals surface area contributed by atoms with Crippen molar-refractivity contribution in [2.75, 3.05) is 11.4 Å². The highest BCUT2D eigenvalue weighted by molar-refractivity contribution is 7.92. The molecule has 3 rings (SSSR count). The lowest BCUT2D eigenvalue weighted by Gasteiger charge is -2.31. The number of ether oxygens (including phenoxy) is 1. The van der Waals surface area contributed by atoms with Crippen LogP contribution in [0.15, 0.2) is 71.6 Å². The molecule has 0 bridgehead atoms. The molecule has 0 N–H and O–H groups in total. The van der Waals surface area contributed by atoms with Crippen molar-refractivity contribution in [1.29, 1.82) is 0 Å². The molecule has 0 aliphatic heterocycles. The molecule has 4 nitrogen and oxygen atoms in total. The third-order valence-electron chi connectivity index (χ3n) is 4.73. The van der Waals surface area contributed by atoms with E-state index in [-0.39, 0.29) is 4.90 Å². The zero-order valence-electron chi connectivity index (χ0n) is 16.3. The number of anilines is 1. The predicted octanol–water partition coefficient (Wildman–Crippen LogP) is 6.27. The molecule has 0 fully saturated rings. The molecule has 3 aromatic rings. The van der Waals surface area contributed by atoms with Gasteiger partial charge in [-0.3, -0.25) is 4.31 Å². The molecule has 0 aromatic heterocycles. The topological polar surface area (TPSA) is 46.6 Å². The number of hydrogen-bond donors (Lipinski definition) is 0. The summed E-state index contributed by atoms with van der Waals surface area (Å²) >= 11 is 12.2. The van der Waals surface area contributed by atoms with Gasteiger partial charge in [0.05, 0.1) is 23.7 Å². The van der Waals surface area contributed by atoms with E-state index in [2.05, 4.69) is 0 Å². The lowest BCUT2D eigenvalue weighted by Crippen LogP contribution is -2.33. The van der Waals surface area contributed by atoms with Crippen LogP contribution >= 0.6 is 23.2 Å². The number of methoxy groups -OCH3 is 1. The van der Waals surface area contributed by atoms with Gasteiger partial charge in [0.1, 0.15) is 5.75 Å². The monoisotopic (exact) mass is 449 g/mol. The van der Waals surface area contributed by atoms with Gasteiger partial charge < -0.3 is 4.74 Å². The number of rotatable bonds is 6. The molecule has 0 saturated heterocycles. The predicted molar refractivity (Wildman–Crippen MR) is 119 cm³/mol. The van der Waals surface area contributed by atoms with E-state index in [0.717, 1.165) is 11.1 Å². The van der Waals surface area contributed by atoms with Crippen molar-refractivity contribution in [2.45, 2.75) is 24.8 Å². The summed E-state index contributed by atoms with van der Waals surface area (Å²) in [6, 6.07) is 18.3. The molecule has 0 aliphatic carbocycles. The Hall–Kier alpha value is -2.21. The van der Waals surface area contributed by atoms with Crippen LogP contribution in [-0.2, 0) is 10.0 Å². The Labute approximate surface area is 181 Å². The molecule has 0 saturated carbocycles. The SMILES string of the molecule is COc1ccc(N([C@@H](C)c2ccc(Cl)cc2)S(=O)(=O)c2ccc(C)c(Cl)c2)cc1. The molecule has 0 aliphatic rings. The summed E-state index contributed by atoms with van der Waals surface area (Å²) in [5.74, 6) is 0.642. The number of aryl methyl sites for hydroxylation is 1. The summed E-state index contributed by atoms with van der Waals surface area (Å²) in [7, 11) is -2.33. The first-order valence-electron chi connectivity index (χ1n) is 8.94. The van der Waals surface area contributed by atoms with Gasteiger partial charge in [0.25, 0.3) is 10.0 Å². The fourth-order valence-electron chi connectivity index (χ4n) is 3.02. The highest BCUT2D eigenvalue weighted by Crippen LogP contribution is 2.35. The van der Waals surface area contributed by atoms with E-state index in [0.29, 0.717) is 21.5 Å². The van der Waals surface area contributed by atoms with Crippen molar-refractivity contribution in [1.82, 2.24) is 0 Å². The van der Waals surface area contributed by atoms with Gasteiger partial charge in [0.15, 0.2) is 0 Å². The number of benzene rings is 3. The van der Waals surface area contributed by atoms with Gasteiger partial charge in [-0.25, -0.2) is 8.42 Å². The fraction of sp³-hybridized carbons (Fsp3) is 0.182. The Morgan fingerprint density at radius 1 is 0.931 bits per heavy atom. The van der Waals surface area contributed by atoms with E-state index in [9.17, 15) is 8.42 Å². The Morgan fingerprint density at radius 2 is 1.55 bits per heavy atom. The second kappa shape index (κ2) is 8.66. The molecule has 1 atom stereocenters. The van der Waals surface area contributed by atoms with Gasteiger partial charge in [-0.05, 0) is 73.5 Å². The lowest BCUT2D eigenvalue weighted by molar-refractivity contribution is 0.415. The third-order valence-corrected chi connectivity index (χ3v) is 7.28. The van der Waals surface area contributed by atoms with Crippen molar-refractivity contribution in [3.63, 3.8) is 0 Å². The maximum atomic E-state index is 13.6. The van der Waals surface area contributed by atoms with Crippen LogP contribution in [0.1, 0.15) is 24.1 Å². The Balaban J connectivity index is 2.15. The molecule has 0 spiro atoms. The minimum absolute atomic E-state index is 0.129. The first-order chi connectivity index (χ1) is 13.7. The normalized spacial score (nSPS) is 12.4. The fourth-order valence-corrected chi connectivity index (χ4v) is 5.07. The Bertz CT molecular complexity index is 1100. The van der Waals surface area contributed by atoms with Gasteiger partial charge in [-0.15, -0.1) is 0 Å². The summed E-state index contributed by atoms with van der Waals surface area (Å²) in [6.45, 7) is 3.66.